The van der Waals surface area contributed by atoms with Gasteiger partial charge in [0, 0.05) is 29.9 Å². The molecule has 0 aliphatic rings. The number of aromatic nitrogens is 5. The molecular formula is C24H15ClF3N5SU. The molecule has 0 N–H and O–H groups in total. The van der Waals surface area contributed by atoms with Crippen LogP contribution >= 0.6 is 23.4 Å². The second-order valence-corrected chi connectivity index (χ2v) is 8.21. The Hall–Kier alpha value is -2.38. The van der Waals surface area contributed by atoms with Gasteiger partial charge >= 0.3 is 37.3 Å². The summed E-state index contributed by atoms with van der Waals surface area (Å²) in [5.41, 5.74) is 2.26. The number of hydrogen-bond donors (Lipinski definition) is 0. The summed E-state index contributed by atoms with van der Waals surface area (Å²) in [7, 11) is 0. The van der Waals surface area contributed by atoms with Crippen LogP contribution in [0.25, 0.3) is 17.0 Å². The Labute approximate surface area is 232 Å². The zero-order valence-corrected chi connectivity index (χ0v) is 23.6. The van der Waals surface area contributed by atoms with E-state index in [1.165, 1.54) is 18.0 Å². The van der Waals surface area contributed by atoms with Crippen molar-refractivity contribution in [2.24, 2.45) is 0 Å². The van der Waals surface area contributed by atoms with Crippen LogP contribution in [0.4, 0.5) is 13.2 Å². The minimum Gasteiger partial charge on any atom is -0.284 e. The van der Waals surface area contributed by atoms with E-state index in [9.17, 15) is 13.2 Å². The molecule has 5 nitrogen and oxygen atoms in total. The smallest absolute Gasteiger partial charge is 0.284 e. The predicted molar refractivity (Wildman–Crippen MR) is 124 cm³/mol. The molecule has 2 aromatic carbocycles. The summed E-state index contributed by atoms with van der Waals surface area (Å²) in [5, 5.41) is 0.656. The van der Waals surface area contributed by atoms with Crippen LogP contribution < -0.4 is 0 Å². The van der Waals surface area contributed by atoms with Crippen molar-refractivity contribution in [1.82, 2.24) is 24.3 Å². The van der Waals surface area contributed by atoms with Gasteiger partial charge in [-0.2, -0.15) is 67.8 Å². The number of rotatable bonds is 4. The van der Waals surface area contributed by atoms with Gasteiger partial charge in [0.25, 0.3) is 0 Å². The molecule has 5 rings (SSSR count). The maximum absolute atomic E-state index is 11.9. The maximum Gasteiger partial charge on any atom is 2.00 e. The fourth-order valence-electron chi connectivity index (χ4n) is 2.88. The first-order valence-corrected chi connectivity index (χ1v) is 11.2. The molecule has 3 heterocycles. The predicted octanol–water partition coefficient (Wildman–Crippen LogP) is 6.44. The van der Waals surface area contributed by atoms with Crippen molar-refractivity contribution in [3.05, 3.63) is 108 Å². The van der Waals surface area contributed by atoms with E-state index in [2.05, 4.69) is 44.2 Å². The van der Waals surface area contributed by atoms with Crippen LogP contribution in [0.3, 0.4) is 0 Å². The van der Waals surface area contributed by atoms with Gasteiger partial charge in [-0.1, -0.05) is 5.02 Å². The van der Waals surface area contributed by atoms with Crippen LogP contribution in [-0.2, 0) is 11.9 Å². The number of benzene rings is 2. The average Bonchev–Trinajstić information content (AvgIpc) is 3.27. The largest absolute Gasteiger partial charge is 2.00 e. The molecule has 174 valence electrons. The van der Waals surface area contributed by atoms with Gasteiger partial charge in [-0.25, -0.2) is 19.9 Å². The number of nitrogens with zero attached hydrogens (tertiary/aromatic N) is 5. The minimum atomic E-state index is -4.38. The molecule has 0 saturated carbocycles. The molecule has 3 aromatic heterocycles. The van der Waals surface area contributed by atoms with E-state index < -0.39 is 11.7 Å². The van der Waals surface area contributed by atoms with E-state index in [1.54, 1.807) is 30.4 Å². The van der Waals surface area contributed by atoms with Gasteiger partial charge in [0.2, 0.25) is 5.78 Å². The second kappa shape index (κ2) is 12.5. The zero-order chi connectivity index (χ0) is 24.0. The second-order valence-electron chi connectivity index (χ2n) is 6.81. The Bertz CT molecular complexity index is 1370. The molecule has 0 saturated heterocycles. The van der Waals surface area contributed by atoms with Crippen molar-refractivity contribution in [2.75, 3.05) is 0 Å². The average molecular weight is 736 g/mol. The van der Waals surface area contributed by atoms with Crippen molar-refractivity contribution in [3.63, 3.8) is 0 Å². The first kappa shape index (κ1) is 27.2. The van der Waals surface area contributed by atoms with Crippen molar-refractivity contribution in [3.8, 4) is 11.3 Å². The molecule has 0 radical (unpaired) electrons. The normalized spacial score (nSPS) is 10.9. The van der Waals surface area contributed by atoms with Gasteiger partial charge in [0.1, 0.15) is 11.4 Å². The number of halogens is 4. The summed E-state index contributed by atoms with van der Waals surface area (Å²) in [5.74, 6) is 1.55. The first-order chi connectivity index (χ1) is 16.4. The number of thioether (sulfide) groups is 1. The number of fused-ring (bicyclic) bond motifs is 1. The molecule has 0 unspecified atom stereocenters. The van der Waals surface area contributed by atoms with Crippen LogP contribution in [0.15, 0.2) is 84.7 Å². The Morgan fingerprint density at radius 2 is 1.69 bits per heavy atom. The maximum atomic E-state index is 11.9. The van der Waals surface area contributed by atoms with Crippen molar-refractivity contribution in [1.29, 1.82) is 0 Å². The molecule has 5 aromatic rings. The van der Waals surface area contributed by atoms with E-state index >= 15 is 0 Å². The van der Waals surface area contributed by atoms with Gasteiger partial charge in [-0.3, -0.25) is 4.40 Å². The fraction of sp³-hybridized carbons (Fsp3) is 0.0833. The Balaban J connectivity index is 0.000000243. The Morgan fingerprint density at radius 1 is 0.971 bits per heavy atom. The fourth-order valence-corrected chi connectivity index (χ4v) is 3.92. The third-order valence-corrected chi connectivity index (χ3v) is 5.83. The molecule has 0 spiro atoms. The van der Waals surface area contributed by atoms with Gasteiger partial charge < -0.3 is 0 Å². The SMILES string of the molecule is FC(F)(F)c1c[c-]ccc1Cl.[U+2].[c-]1ccc(CSc2ccn3c(-c4cncnc4)cnc3n2)cc1. The van der Waals surface area contributed by atoms with Crippen molar-refractivity contribution in [2.45, 2.75) is 17.0 Å². The van der Waals surface area contributed by atoms with Crippen LogP contribution in [-0.4, -0.2) is 24.3 Å². The molecule has 11 heteroatoms. The van der Waals surface area contributed by atoms with Crippen molar-refractivity contribution < 1.29 is 44.3 Å². The molecule has 0 bridgehead atoms. The summed E-state index contributed by atoms with van der Waals surface area (Å²) in [4.78, 5) is 17.1. The summed E-state index contributed by atoms with van der Waals surface area (Å²) in [6.45, 7) is 0. The van der Waals surface area contributed by atoms with E-state index in [1.807, 2.05) is 28.8 Å². The summed E-state index contributed by atoms with van der Waals surface area (Å²) >= 11 is 6.96. The molecular weight excluding hydrogens is 721 g/mol. The van der Waals surface area contributed by atoms with Gasteiger partial charge in [-0.15, -0.1) is 28.9 Å². The third kappa shape index (κ3) is 7.31. The van der Waals surface area contributed by atoms with Crippen LogP contribution in [0.1, 0.15) is 11.1 Å². The monoisotopic (exact) mass is 735 g/mol. The molecule has 0 fully saturated rings. The van der Waals surface area contributed by atoms with Gasteiger partial charge in [0.05, 0.1) is 11.9 Å². The van der Waals surface area contributed by atoms with Crippen molar-refractivity contribution >= 4 is 29.1 Å². The summed E-state index contributed by atoms with van der Waals surface area (Å²) in [6, 6.07) is 18.6. The molecule has 0 aliphatic heterocycles. The molecule has 0 amide bonds. The van der Waals surface area contributed by atoms with E-state index in [-0.39, 0.29) is 36.1 Å². The summed E-state index contributed by atoms with van der Waals surface area (Å²) < 4.78 is 37.8. The van der Waals surface area contributed by atoms with Crippen LogP contribution in [0.2, 0.25) is 5.02 Å². The van der Waals surface area contributed by atoms with Crippen LogP contribution in [0, 0.1) is 43.2 Å². The topological polar surface area (TPSA) is 56.0 Å². The third-order valence-electron chi connectivity index (χ3n) is 4.50. The molecule has 35 heavy (non-hydrogen) atoms. The number of hydrogen-bond acceptors (Lipinski definition) is 5. The van der Waals surface area contributed by atoms with Gasteiger partial charge in [-0.05, 0) is 11.6 Å². The van der Waals surface area contributed by atoms with Crippen LogP contribution in [0.5, 0.6) is 0 Å². The molecule has 0 atom stereocenters. The van der Waals surface area contributed by atoms with Gasteiger partial charge in [0.15, 0.2) is 0 Å². The van der Waals surface area contributed by atoms with E-state index in [4.69, 9.17) is 11.6 Å². The first-order valence-electron chi connectivity index (χ1n) is 9.82. The van der Waals surface area contributed by atoms with E-state index in [0.717, 1.165) is 34.2 Å². The quantitative estimate of drug-likeness (QED) is 0.121. The standard InChI is InChI=1S/C17H12N5S.C7H3ClF3.U/c1-2-4-13(5-3-1)11-23-16-6-7-22-15(10-20-17(22)21-16)14-8-18-12-19-9-14;8-6-4-2-1-3-5(6)7(9,10)11;/h2-10,12H,11H2;2-4H;/q2*-1;+2. The minimum absolute atomic E-state index is 0. The van der Waals surface area contributed by atoms with E-state index in [0.29, 0.717) is 5.78 Å². The number of alkyl halides is 3. The molecule has 0 aliphatic carbocycles. The number of imidazole rings is 1. The Kier molecular flexibility index (Phi) is 9.75. The summed E-state index contributed by atoms with van der Waals surface area (Å²) in [6.07, 6.45) is 4.45. The Morgan fingerprint density at radius 3 is 2.34 bits per heavy atom. The zero-order valence-electron chi connectivity index (χ0n) is 17.9.